The van der Waals surface area contributed by atoms with E-state index in [0.29, 0.717) is 0 Å². The van der Waals surface area contributed by atoms with Crippen molar-refractivity contribution in [2.24, 2.45) is 5.92 Å². The number of nitriles is 1. The SMILES string of the molecule is N#CC(F)=CC1CCC(c2ccc(OC(F)(F)F)cc2)CC1. The highest BCUT2D eigenvalue weighted by atomic mass is 19.4. The van der Waals surface area contributed by atoms with Crippen LogP contribution in [0.5, 0.6) is 5.75 Å². The molecule has 0 atom stereocenters. The topological polar surface area (TPSA) is 33.0 Å². The van der Waals surface area contributed by atoms with Crippen molar-refractivity contribution in [3.63, 3.8) is 0 Å². The second kappa shape index (κ2) is 6.82. The van der Waals surface area contributed by atoms with Crippen LogP contribution >= 0.6 is 0 Å². The van der Waals surface area contributed by atoms with Crippen LogP contribution in [-0.2, 0) is 0 Å². The third-order valence-corrected chi connectivity index (χ3v) is 3.85. The molecule has 0 saturated heterocycles. The summed E-state index contributed by atoms with van der Waals surface area (Å²) in [6.45, 7) is 0. The average Bonchev–Trinajstić information content (AvgIpc) is 2.47. The lowest BCUT2D eigenvalue weighted by atomic mass is 9.78. The van der Waals surface area contributed by atoms with Crippen molar-refractivity contribution < 1.29 is 22.3 Å². The predicted molar refractivity (Wildman–Crippen MR) is 72.6 cm³/mol. The van der Waals surface area contributed by atoms with Crippen molar-refractivity contribution in [3.8, 4) is 11.8 Å². The van der Waals surface area contributed by atoms with E-state index < -0.39 is 12.2 Å². The first-order valence-electron chi connectivity index (χ1n) is 7.00. The number of allylic oxidation sites excluding steroid dienone is 2. The Morgan fingerprint density at radius 2 is 1.73 bits per heavy atom. The number of hydrogen-bond donors (Lipinski definition) is 0. The zero-order chi connectivity index (χ0) is 16.2. The molecule has 118 valence electrons. The molecule has 0 bridgehead atoms. The van der Waals surface area contributed by atoms with Crippen LogP contribution in [0, 0.1) is 17.2 Å². The fourth-order valence-corrected chi connectivity index (χ4v) is 2.81. The quantitative estimate of drug-likeness (QED) is 0.565. The van der Waals surface area contributed by atoms with E-state index in [1.807, 2.05) is 0 Å². The van der Waals surface area contributed by atoms with Crippen LogP contribution in [0.4, 0.5) is 17.6 Å². The fraction of sp³-hybridized carbons (Fsp3) is 0.438. The van der Waals surface area contributed by atoms with Gasteiger partial charge in [0.1, 0.15) is 11.8 Å². The maximum absolute atomic E-state index is 12.9. The highest BCUT2D eigenvalue weighted by Crippen LogP contribution is 2.37. The van der Waals surface area contributed by atoms with Gasteiger partial charge in [-0.2, -0.15) is 9.65 Å². The van der Waals surface area contributed by atoms with Crippen LogP contribution in [0.3, 0.4) is 0 Å². The van der Waals surface area contributed by atoms with Gasteiger partial charge in [-0.05, 0) is 61.3 Å². The molecule has 1 fully saturated rings. The van der Waals surface area contributed by atoms with Gasteiger partial charge in [0.15, 0.2) is 5.83 Å². The molecule has 0 radical (unpaired) electrons. The number of halogens is 4. The first-order valence-corrected chi connectivity index (χ1v) is 7.00. The second-order valence-corrected chi connectivity index (χ2v) is 5.35. The van der Waals surface area contributed by atoms with Crippen molar-refractivity contribution in [1.29, 1.82) is 5.26 Å². The molecule has 0 unspecified atom stereocenters. The van der Waals surface area contributed by atoms with Gasteiger partial charge in [0.25, 0.3) is 0 Å². The van der Waals surface area contributed by atoms with Crippen LogP contribution in [0.1, 0.15) is 37.2 Å². The number of hydrogen-bond acceptors (Lipinski definition) is 2. The Morgan fingerprint density at radius 3 is 2.23 bits per heavy atom. The minimum absolute atomic E-state index is 0.0590. The van der Waals surface area contributed by atoms with Crippen LogP contribution in [0.25, 0.3) is 0 Å². The van der Waals surface area contributed by atoms with Crippen molar-refractivity contribution in [2.75, 3.05) is 0 Å². The Balaban J connectivity index is 1.93. The zero-order valence-corrected chi connectivity index (χ0v) is 11.7. The number of alkyl halides is 3. The van der Waals surface area contributed by atoms with Gasteiger partial charge in [0.2, 0.25) is 0 Å². The molecule has 1 aliphatic rings. The van der Waals surface area contributed by atoms with Gasteiger partial charge in [0.05, 0.1) is 0 Å². The number of benzene rings is 1. The minimum Gasteiger partial charge on any atom is -0.406 e. The molecule has 0 spiro atoms. The number of ether oxygens (including phenoxy) is 1. The summed E-state index contributed by atoms with van der Waals surface area (Å²) in [5.74, 6) is -0.681. The molecular weight excluding hydrogens is 298 g/mol. The van der Waals surface area contributed by atoms with Gasteiger partial charge in [-0.15, -0.1) is 13.2 Å². The maximum atomic E-state index is 12.9. The van der Waals surface area contributed by atoms with Crippen LogP contribution < -0.4 is 4.74 Å². The Hall–Kier alpha value is -2.03. The largest absolute Gasteiger partial charge is 0.573 e. The molecule has 1 aromatic rings. The lowest BCUT2D eigenvalue weighted by Gasteiger charge is -2.27. The van der Waals surface area contributed by atoms with E-state index in [2.05, 4.69) is 4.74 Å². The summed E-state index contributed by atoms with van der Waals surface area (Å²) in [5, 5.41) is 8.42. The summed E-state index contributed by atoms with van der Waals surface area (Å²) in [6, 6.07) is 7.36. The highest BCUT2D eigenvalue weighted by Gasteiger charge is 2.31. The molecule has 0 aromatic heterocycles. The summed E-state index contributed by atoms with van der Waals surface area (Å²) in [7, 11) is 0. The maximum Gasteiger partial charge on any atom is 0.573 e. The van der Waals surface area contributed by atoms with Crippen molar-refractivity contribution in [2.45, 2.75) is 38.0 Å². The Bertz CT molecular complexity index is 563. The standard InChI is InChI=1S/C16H15F4NO/c17-14(10-21)9-11-1-3-12(4-2-11)13-5-7-15(8-6-13)22-16(18,19)20/h5-9,11-12H,1-4H2. The van der Waals surface area contributed by atoms with Crippen molar-refractivity contribution in [3.05, 3.63) is 41.7 Å². The van der Waals surface area contributed by atoms with Gasteiger partial charge in [-0.25, -0.2) is 0 Å². The van der Waals surface area contributed by atoms with Crippen LogP contribution in [0.2, 0.25) is 0 Å². The molecule has 22 heavy (non-hydrogen) atoms. The first-order chi connectivity index (χ1) is 10.4. The van der Waals surface area contributed by atoms with Crippen LogP contribution in [-0.4, -0.2) is 6.36 Å². The normalized spacial score (nSPS) is 23.0. The number of nitrogens with zero attached hydrogens (tertiary/aromatic N) is 1. The summed E-state index contributed by atoms with van der Waals surface area (Å²) in [5.41, 5.74) is 0.956. The van der Waals surface area contributed by atoms with E-state index in [1.54, 1.807) is 12.1 Å². The highest BCUT2D eigenvalue weighted by molar-refractivity contribution is 5.30. The lowest BCUT2D eigenvalue weighted by Crippen LogP contribution is -2.17. The van der Waals surface area contributed by atoms with E-state index in [0.717, 1.165) is 31.2 Å². The molecule has 2 rings (SSSR count). The number of rotatable bonds is 3. The third-order valence-electron chi connectivity index (χ3n) is 3.85. The van der Waals surface area contributed by atoms with Crippen molar-refractivity contribution >= 4 is 0 Å². The molecule has 0 N–H and O–H groups in total. The Labute approximate surface area is 126 Å². The van der Waals surface area contributed by atoms with Gasteiger partial charge in [-0.1, -0.05) is 12.1 Å². The summed E-state index contributed by atoms with van der Waals surface area (Å²) < 4.78 is 53.0. The smallest absolute Gasteiger partial charge is 0.406 e. The summed E-state index contributed by atoms with van der Waals surface area (Å²) >= 11 is 0. The summed E-state index contributed by atoms with van der Waals surface area (Å²) in [6.07, 6.45) is -0.160. The van der Waals surface area contributed by atoms with E-state index in [1.165, 1.54) is 24.3 Å². The minimum atomic E-state index is -4.68. The monoisotopic (exact) mass is 313 g/mol. The van der Waals surface area contributed by atoms with Gasteiger partial charge < -0.3 is 4.74 Å². The molecule has 0 amide bonds. The summed E-state index contributed by atoms with van der Waals surface area (Å²) in [4.78, 5) is 0. The van der Waals surface area contributed by atoms with Gasteiger partial charge in [0, 0.05) is 0 Å². The average molecular weight is 313 g/mol. The lowest BCUT2D eigenvalue weighted by molar-refractivity contribution is -0.274. The molecule has 1 aromatic carbocycles. The van der Waals surface area contributed by atoms with Crippen LogP contribution in [0.15, 0.2) is 36.2 Å². The second-order valence-electron chi connectivity index (χ2n) is 5.35. The third kappa shape index (κ3) is 4.76. The molecule has 1 aliphatic carbocycles. The molecule has 0 heterocycles. The molecule has 1 saturated carbocycles. The molecular formula is C16H15F4NO. The van der Waals surface area contributed by atoms with Gasteiger partial charge in [-0.3, -0.25) is 0 Å². The molecule has 2 nitrogen and oxygen atoms in total. The molecule has 0 aliphatic heterocycles. The molecule has 6 heteroatoms. The van der Waals surface area contributed by atoms with E-state index in [-0.39, 0.29) is 17.6 Å². The van der Waals surface area contributed by atoms with E-state index >= 15 is 0 Å². The fourth-order valence-electron chi connectivity index (χ4n) is 2.81. The predicted octanol–water partition coefficient (Wildman–Crippen LogP) is 5.24. The zero-order valence-electron chi connectivity index (χ0n) is 11.7. The first kappa shape index (κ1) is 16.3. The van der Waals surface area contributed by atoms with Gasteiger partial charge >= 0.3 is 6.36 Å². The van der Waals surface area contributed by atoms with Crippen molar-refractivity contribution in [1.82, 2.24) is 0 Å². The van der Waals surface area contributed by atoms with E-state index in [9.17, 15) is 17.6 Å². The Morgan fingerprint density at radius 1 is 1.14 bits per heavy atom. The Kier molecular flexibility index (Phi) is 5.07. The van der Waals surface area contributed by atoms with E-state index in [4.69, 9.17) is 5.26 Å².